The highest BCUT2D eigenvalue weighted by molar-refractivity contribution is 5.15. The molecule has 1 heterocycles. The average Bonchev–Trinajstić information content (AvgIpc) is 2.29. The molecule has 2 nitrogen and oxygen atoms in total. The van der Waals surface area contributed by atoms with Crippen molar-refractivity contribution in [3.63, 3.8) is 0 Å². The number of ether oxygens (including phenoxy) is 2. The third kappa shape index (κ3) is 2.52. The molecule has 0 radical (unpaired) electrons. The van der Waals surface area contributed by atoms with Gasteiger partial charge in [0.15, 0.2) is 0 Å². The van der Waals surface area contributed by atoms with Gasteiger partial charge in [-0.05, 0) is 12.0 Å². The lowest BCUT2D eigenvalue weighted by Crippen LogP contribution is -2.08. The fourth-order valence-electron chi connectivity index (χ4n) is 1.45. The van der Waals surface area contributed by atoms with Crippen LogP contribution in [0.1, 0.15) is 12.0 Å². The van der Waals surface area contributed by atoms with Crippen LogP contribution in [0.3, 0.4) is 0 Å². The molecule has 14 heavy (non-hydrogen) atoms. The maximum Gasteiger partial charge on any atom is 0.131 e. The van der Waals surface area contributed by atoms with Gasteiger partial charge in [0.25, 0.3) is 0 Å². The van der Waals surface area contributed by atoms with Gasteiger partial charge in [0.05, 0.1) is 0 Å². The number of hydrogen-bond donors (Lipinski definition) is 0. The first kappa shape index (κ1) is 9.13. The number of hydrogen-bond acceptors (Lipinski definition) is 2. The Hall–Kier alpha value is -1.44. The first-order chi connectivity index (χ1) is 6.95. The minimum atomic E-state index is 0.675. The van der Waals surface area contributed by atoms with Gasteiger partial charge in [-0.25, -0.2) is 0 Å². The van der Waals surface area contributed by atoms with Crippen molar-refractivity contribution in [3.8, 4) is 0 Å². The Morgan fingerprint density at radius 3 is 2.57 bits per heavy atom. The van der Waals surface area contributed by atoms with Crippen molar-refractivity contribution in [1.82, 2.24) is 0 Å². The summed E-state index contributed by atoms with van der Waals surface area (Å²) < 4.78 is 10.6. The van der Waals surface area contributed by atoms with Crippen LogP contribution in [0.25, 0.3) is 0 Å². The van der Waals surface area contributed by atoms with Crippen LogP contribution in [-0.4, -0.2) is 13.2 Å². The van der Waals surface area contributed by atoms with Gasteiger partial charge in [0, 0.05) is 6.42 Å². The lowest BCUT2D eigenvalue weighted by molar-refractivity contribution is 0.0793. The molecular formula is C12H14O2. The predicted octanol–water partition coefficient (Wildman–Crippen LogP) is 2.51. The topological polar surface area (TPSA) is 18.5 Å². The normalized spacial score (nSPS) is 15.3. The summed E-state index contributed by atoms with van der Waals surface area (Å²) >= 11 is 0. The molecule has 0 atom stereocenters. The molecule has 1 aromatic carbocycles. The smallest absolute Gasteiger partial charge is 0.131 e. The SMILES string of the molecule is C1=C(CCc2ccccc2)OCCO1. The second kappa shape index (κ2) is 4.70. The van der Waals surface area contributed by atoms with Crippen molar-refractivity contribution in [2.45, 2.75) is 12.8 Å². The zero-order valence-electron chi connectivity index (χ0n) is 8.11. The van der Waals surface area contributed by atoms with E-state index >= 15 is 0 Å². The highest BCUT2D eigenvalue weighted by atomic mass is 16.6. The quantitative estimate of drug-likeness (QED) is 0.729. The van der Waals surface area contributed by atoms with E-state index in [0.29, 0.717) is 13.2 Å². The van der Waals surface area contributed by atoms with Crippen molar-refractivity contribution in [3.05, 3.63) is 47.9 Å². The molecule has 1 aliphatic rings. The van der Waals surface area contributed by atoms with Crippen LogP contribution in [-0.2, 0) is 15.9 Å². The molecule has 0 saturated carbocycles. The van der Waals surface area contributed by atoms with E-state index in [4.69, 9.17) is 9.47 Å². The van der Waals surface area contributed by atoms with Gasteiger partial charge >= 0.3 is 0 Å². The molecule has 0 spiro atoms. The summed E-state index contributed by atoms with van der Waals surface area (Å²) in [5, 5.41) is 0. The summed E-state index contributed by atoms with van der Waals surface area (Å²) in [5.41, 5.74) is 1.34. The Bertz CT molecular complexity index is 303. The Balaban J connectivity index is 1.85. The molecule has 2 rings (SSSR count). The van der Waals surface area contributed by atoms with Crippen LogP contribution in [0.5, 0.6) is 0 Å². The molecule has 0 N–H and O–H groups in total. The molecule has 0 fully saturated rings. The van der Waals surface area contributed by atoms with Crippen LogP contribution < -0.4 is 0 Å². The minimum absolute atomic E-state index is 0.675. The van der Waals surface area contributed by atoms with Crippen LogP contribution in [0.4, 0.5) is 0 Å². The van der Waals surface area contributed by atoms with Crippen molar-refractivity contribution in [2.24, 2.45) is 0 Å². The summed E-state index contributed by atoms with van der Waals surface area (Å²) in [6.07, 6.45) is 3.66. The van der Waals surface area contributed by atoms with Gasteiger partial charge in [-0.15, -0.1) is 0 Å². The third-order valence-corrected chi connectivity index (χ3v) is 2.21. The highest BCUT2D eigenvalue weighted by Crippen LogP contribution is 2.12. The Labute approximate surface area is 84.2 Å². The maximum absolute atomic E-state index is 5.44. The molecule has 0 bridgehead atoms. The van der Waals surface area contributed by atoms with Crippen LogP contribution in [0.2, 0.25) is 0 Å². The van der Waals surface area contributed by atoms with Gasteiger partial charge in [-0.1, -0.05) is 30.3 Å². The highest BCUT2D eigenvalue weighted by Gasteiger charge is 2.04. The maximum atomic E-state index is 5.44. The van der Waals surface area contributed by atoms with Crippen molar-refractivity contribution in [1.29, 1.82) is 0 Å². The van der Waals surface area contributed by atoms with E-state index in [-0.39, 0.29) is 0 Å². The van der Waals surface area contributed by atoms with Gasteiger partial charge in [-0.2, -0.15) is 0 Å². The van der Waals surface area contributed by atoms with Gasteiger partial charge in [0.2, 0.25) is 0 Å². The molecule has 1 aliphatic heterocycles. The Morgan fingerprint density at radius 2 is 1.86 bits per heavy atom. The Kier molecular flexibility index (Phi) is 3.06. The summed E-state index contributed by atoms with van der Waals surface area (Å²) in [6.45, 7) is 1.36. The predicted molar refractivity (Wildman–Crippen MR) is 54.8 cm³/mol. The summed E-state index contributed by atoms with van der Waals surface area (Å²) in [4.78, 5) is 0. The molecule has 74 valence electrons. The van der Waals surface area contributed by atoms with Crippen LogP contribution in [0.15, 0.2) is 42.4 Å². The van der Waals surface area contributed by atoms with E-state index in [9.17, 15) is 0 Å². The molecule has 0 amide bonds. The fourth-order valence-corrected chi connectivity index (χ4v) is 1.45. The van der Waals surface area contributed by atoms with E-state index in [1.807, 2.05) is 6.07 Å². The van der Waals surface area contributed by atoms with Crippen LogP contribution >= 0.6 is 0 Å². The molecule has 2 heteroatoms. The Morgan fingerprint density at radius 1 is 1.00 bits per heavy atom. The zero-order chi connectivity index (χ0) is 9.64. The molecule has 0 saturated heterocycles. The lowest BCUT2D eigenvalue weighted by atomic mass is 10.1. The average molecular weight is 190 g/mol. The molecule has 0 aliphatic carbocycles. The second-order valence-corrected chi connectivity index (χ2v) is 3.29. The standard InChI is InChI=1S/C12H14O2/c1-2-4-11(5-3-1)6-7-12-10-13-8-9-14-12/h1-5,10H,6-9H2. The minimum Gasteiger partial charge on any atom is -0.494 e. The number of benzene rings is 1. The third-order valence-electron chi connectivity index (χ3n) is 2.21. The number of rotatable bonds is 3. The monoisotopic (exact) mass is 190 g/mol. The van der Waals surface area contributed by atoms with Gasteiger partial charge in [0.1, 0.15) is 25.2 Å². The van der Waals surface area contributed by atoms with E-state index in [2.05, 4.69) is 24.3 Å². The second-order valence-electron chi connectivity index (χ2n) is 3.29. The van der Waals surface area contributed by atoms with E-state index < -0.39 is 0 Å². The van der Waals surface area contributed by atoms with Crippen molar-refractivity contribution < 1.29 is 9.47 Å². The molecule has 1 aromatic rings. The zero-order valence-corrected chi connectivity index (χ0v) is 8.11. The summed E-state index contributed by atoms with van der Waals surface area (Å²) in [7, 11) is 0. The summed E-state index contributed by atoms with van der Waals surface area (Å²) in [6, 6.07) is 10.4. The fraction of sp³-hybridized carbons (Fsp3) is 0.333. The summed E-state index contributed by atoms with van der Waals surface area (Å²) in [5.74, 6) is 0.958. The number of aryl methyl sites for hydroxylation is 1. The van der Waals surface area contributed by atoms with Crippen molar-refractivity contribution >= 4 is 0 Å². The molecule has 0 unspecified atom stereocenters. The first-order valence-corrected chi connectivity index (χ1v) is 4.92. The van der Waals surface area contributed by atoms with E-state index in [1.54, 1.807) is 6.26 Å². The van der Waals surface area contributed by atoms with E-state index in [0.717, 1.165) is 18.6 Å². The van der Waals surface area contributed by atoms with Crippen molar-refractivity contribution in [2.75, 3.05) is 13.2 Å². The number of allylic oxidation sites excluding steroid dienone is 1. The first-order valence-electron chi connectivity index (χ1n) is 4.92. The van der Waals surface area contributed by atoms with Gasteiger partial charge in [-0.3, -0.25) is 0 Å². The lowest BCUT2D eigenvalue weighted by Gasteiger charge is -2.15. The van der Waals surface area contributed by atoms with Gasteiger partial charge < -0.3 is 9.47 Å². The van der Waals surface area contributed by atoms with E-state index in [1.165, 1.54) is 5.56 Å². The van der Waals surface area contributed by atoms with Crippen LogP contribution in [0, 0.1) is 0 Å². The molecule has 0 aromatic heterocycles. The molecular weight excluding hydrogens is 176 g/mol. The largest absolute Gasteiger partial charge is 0.494 e.